The third kappa shape index (κ3) is 2.36. The van der Waals surface area contributed by atoms with Gasteiger partial charge in [-0.05, 0) is 25.0 Å². The first-order valence-electron chi connectivity index (χ1n) is 9.55. The standard InChI is InChI=1S/C21H24N2O4/c1-11-14-9-23-8-7-13-12-5-3-4-6-16(12)22-18(13)19(23)20(24)17(14)15(10-27-11)21(25)26-2/h3-6,10-11,14,17,19-20,22,24H,7-9H2,1-2H3/t11-,14+,17+,19+,20-/m1/s1. The third-order valence-corrected chi connectivity index (χ3v) is 6.58. The molecule has 1 fully saturated rings. The van der Waals surface area contributed by atoms with Gasteiger partial charge in [-0.15, -0.1) is 0 Å². The van der Waals surface area contributed by atoms with E-state index in [4.69, 9.17) is 9.47 Å². The first-order valence-corrected chi connectivity index (χ1v) is 9.55. The lowest BCUT2D eigenvalue weighted by Crippen LogP contribution is -2.58. The van der Waals surface area contributed by atoms with Crippen LogP contribution in [0.3, 0.4) is 0 Å². The summed E-state index contributed by atoms with van der Waals surface area (Å²) in [6, 6.07) is 8.13. The molecule has 4 heterocycles. The molecule has 6 heteroatoms. The Morgan fingerprint density at radius 1 is 1.37 bits per heavy atom. The number of rotatable bonds is 1. The minimum Gasteiger partial charge on any atom is -0.497 e. The number of H-pyrrole nitrogens is 1. The average molecular weight is 368 g/mol. The summed E-state index contributed by atoms with van der Waals surface area (Å²) < 4.78 is 10.7. The number of nitrogens with zero attached hydrogens (tertiary/aromatic N) is 1. The Balaban J connectivity index is 1.60. The number of nitrogens with one attached hydrogen (secondary N) is 1. The van der Waals surface area contributed by atoms with Crippen molar-refractivity contribution in [2.24, 2.45) is 11.8 Å². The van der Waals surface area contributed by atoms with E-state index in [0.29, 0.717) is 5.57 Å². The van der Waals surface area contributed by atoms with Crippen molar-refractivity contribution in [2.75, 3.05) is 20.2 Å². The molecule has 2 aromatic rings. The second-order valence-electron chi connectivity index (χ2n) is 7.84. The van der Waals surface area contributed by atoms with Gasteiger partial charge in [-0.2, -0.15) is 0 Å². The number of methoxy groups -OCH3 is 1. The van der Waals surface area contributed by atoms with Crippen LogP contribution >= 0.6 is 0 Å². The molecule has 6 nitrogen and oxygen atoms in total. The number of aromatic amines is 1. The van der Waals surface area contributed by atoms with Crippen LogP contribution in [0.15, 0.2) is 36.1 Å². The second-order valence-corrected chi connectivity index (χ2v) is 7.84. The first kappa shape index (κ1) is 16.8. The Morgan fingerprint density at radius 2 is 2.19 bits per heavy atom. The maximum atomic E-state index is 12.3. The number of ether oxygens (including phenoxy) is 2. The number of piperidine rings is 1. The van der Waals surface area contributed by atoms with Gasteiger partial charge in [0.05, 0.1) is 37.2 Å². The predicted octanol–water partition coefficient (Wildman–Crippen LogP) is 2.15. The Bertz CT molecular complexity index is 933. The van der Waals surface area contributed by atoms with Gasteiger partial charge in [-0.1, -0.05) is 18.2 Å². The van der Waals surface area contributed by atoms with E-state index >= 15 is 0 Å². The van der Waals surface area contributed by atoms with E-state index in [2.05, 4.69) is 28.1 Å². The van der Waals surface area contributed by atoms with Gasteiger partial charge >= 0.3 is 5.97 Å². The van der Waals surface area contributed by atoms with Gasteiger partial charge in [0.1, 0.15) is 0 Å². The van der Waals surface area contributed by atoms with Gasteiger partial charge in [0.25, 0.3) is 0 Å². The maximum absolute atomic E-state index is 12.3. The van der Waals surface area contributed by atoms with Crippen LogP contribution in [0, 0.1) is 11.8 Å². The van der Waals surface area contributed by atoms with Gasteiger partial charge in [-0.3, -0.25) is 4.90 Å². The van der Waals surface area contributed by atoms with Gasteiger partial charge in [-0.25, -0.2) is 4.79 Å². The van der Waals surface area contributed by atoms with E-state index in [1.165, 1.54) is 24.3 Å². The average Bonchev–Trinajstić information content (AvgIpc) is 3.06. The van der Waals surface area contributed by atoms with E-state index < -0.39 is 12.1 Å². The van der Waals surface area contributed by atoms with Crippen molar-refractivity contribution in [1.29, 1.82) is 0 Å². The minimum absolute atomic E-state index is 0.0527. The molecular weight excluding hydrogens is 344 g/mol. The third-order valence-electron chi connectivity index (χ3n) is 6.58. The highest BCUT2D eigenvalue weighted by Crippen LogP contribution is 2.47. The van der Waals surface area contributed by atoms with Gasteiger partial charge < -0.3 is 19.6 Å². The molecule has 0 unspecified atom stereocenters. The predicted molar refractivity (Wildman–Crippen MR) is 99.9 cm³/mol. The summed E-state index contributed by atoms with van der Waals surface area (Å²) in [5, 5.41) is 12.7. The smallest absolute Gasteiger partial charge is 0.337 e. The van der Waals surface area contributed by atoms with Crippen LogP contribution in [-0.4, -0.2) is 53.4 Å². The molecule has 142 valence electrons. The van der Waals surface area contributed by atoms with Crippen molar-refractivity contribution < 1.29 is 19.4 Å². The van der Waals surface area contributed by atoms with Crippen LogP contribution in [-0.2, 0) is 20.7 Å². The molecule has 1 saturated heterocycles. The number of benzene rings is 1. The number of carbonyl (C=O) groups is 1. The van der Waals surface area contributed by atoms with E-state index in [1.807, 2.05) is 13.0 Å². The summed E-state index contributed by atoms with van der Waals surface area (Å²) in [4.78, 5) is 18.2. The zero-order valence-corrected chi connectivity index (χ0v) is 15.5. The topological polar surface area (TPSA) is 74.8 Å². The highest BCUT2D eigenvalue weighted by molar-refractivity contribution is 5.89. The summed E-state index contributed by atoms with van der Waals surface area (Å²) in [7, 11) is 1.37. The van der Waals surface area contributed by atoms with Crippen molar-refractivity contribution in [2.45, 2.75) is 31.6 Å². The molecule has 1 aromatic heterocycles. The number of esters is 1. The fraction of sp³-hybridized carbons (Fsp3) is 0.476. The summed E-state index contributed by atoms with van der Waals surface area (Å²) in [5.74, 6) is -0.654. The second kappa shape index (κ2) is 6.11. The number of aromatic nitrogens is 1. The molecule has 0 spiro atoms. The van der Waals surface area contributed by atoms with E-state index in [1.54, 1.807) is 0 Å². The van der Waals surface area contributed by atoms with Crippen molar-refractivity contribution in [3.63, 3.8) is 0 Å². The van der Waals surface area contributed by atoms with Crippen LogP contribution < -0.4 is 0 Å². The van der Waals surface area contributed by atoms with E-state index in [9.17, 15) is 9.90 Å². The monoisotopic (exact) mass is 368 g/mol. The summed E-state index contributed by atoms with van der Waals surface area (Å²) in [6.45, 7) is 3.69. The normalized spacial score (nSPS) is 32.7. The van der Waals surface area contributed by atoms with Gasteiger partial charge in [0.2, 0.25) is 0 Å². The van der Waals surface area contributed by atoms with Crippen molar-refractivity contribution in [1.82, 2.24) is 9.88 Å². The van der Waals surface area contributed by atoms with Gasteiger partial charge in [0, 0.05) is 41.5 Å². The zero-order valence-electron chi connectivity index (χ0n) is 15.5. The van der Waals surface area contributed by atoms with Crippen LogP contribution in [0.4, 0.5) is 0 Å². The highest BCUT2D eigenvalue weighted by atomic mass is 16.5. The fourth-order valence-electron chi connectivity index (χ4n) is 5.26. The lowest BCUT2D eigenvalue weighted by Gasteiger charge is -2.51. The Labute approximate surface area is 157 Å². The molecule has 0 amide bonds. The van der Waals surface area contributed by atoms with E-state index in [0.717, 1.165) is 30.7 Å². The molecule has 0 bridgehead atoms. The summed E-state index contributed by atoms with van der Waals surface area (Å²) in [5.41, 5.74) is 3.91. The summed E-state index contributed by atoms with van der Waals surface area (Å²) >= 11 is 0. The van der Waals surface area contributed by atoms with E-state index in [-0.39, 0.29) is 24.0 Å². The quantitative estimate of drug-likeness (QED) is 0.755. The lowest BCUT2D eigenvalue weighted by atomic mass is 9.70. The minimum atomic E-state index is -0.701. The van der Waals surface area contributed by atoms with Crippen LogP contribution in [0.25, 0.3) is 10.9 Å². The lowest BCUT2D eigenvalue weighted by molar-refractivity contribution is -0.143. The summed E-state index contributed by atoms with van der Waals surface area (Å²) in [6.07, 6.45) is 1.69. The SMILES string of the molecule is COC(=O)C1=CO[C@H](C)[C@@H]2CN3CCc4c([nH]c5ccccc45)[C@H]3[C@H](O)[C@H]12. The molecule has 0 saturated carbocycles. The molecule has 3 aliphatic heterocycles. The Morgan fingerprint density at radius 3 is 3.00 bits per heavy atom. The van der Waals surface area contributed by atoms with Crippen molar-refractivity contribution >= 4 is 16.9 Å². The Kier molecular flexibility index (Phi) is 3.81. The largest absolute Gasteiger partial charge is 0.497 e. The van der Waals surface area contributed by atoms with Gasteiger partial charge in [0.15, 0.2) is 0 Å². The Hall–Kier alpha value is -2.31. The molecular formula is C21H24N2O4. The maximum Gasteiger partial charge on any atom is 0.337 e. The van der Waals surface area contributed by atoms with Crippen LogP contribution in [0.1, 0.15) is 24.2 Å². The molecule has 3 aliphatic rings. The number of aliphatic hydroxyl groups is 1. The number of aliphatic hydroxyl groups excluding tert-OH is 1. The van der Waals surface area contributed by atoms with Crippen molar-refractivity contribution in [3.8, 4) is 0 Å². The molecule has 2 N–H and O–H groups in total. The van der Waals surface area contributed by atoms with Crippen LogP contribution in [0.5, 0.6) is 0 Å². The highest BCUT2D eigenvalue weighted by Gasteiger charge is 2.52. The van der Waals surface area contributed by atoms with Crippen molar-refractivity contribution in [3.05, 3.63) is 47.4 Å². The number of fused-ring (bicyclic) bond motifs is 6. The number of para-hydroxylation sites is 1. The molecule has 0 aliphatic carbocycles. The molecule has 5 atom stereocenters. The number of hydrogen-bond acceptors (Lipinski definition) is 5. The molecule has 1 aromatic carbocycles. The fourth-order valence-corrected chi connectivity index (χ4v) is 5.26. The van der Waals surface area contributed by atoms with Crippen LogP contribution in [0.2, 0.25) is 0 Å². The number of carbonyl (C=O) groups excluding carboxylic acids is 1. The number of hydrogen-bond donors (Lipinski definition) is 2. The molecule has 27 heavy (non-hydrogen) atoms. The first-order chi connectivity index (χ1) is 13.1. The molecule has 0 radical (unpaired) electrons. The molecule has 5 rings (SSSR count). The zero-order chi connectivity index (χ0) is 18.7.